The predicted octanol–water partition coefficient (Wildman–Crippen LogP) is 1.69. The molecule has 0 saturated carbocycles. The number of nitrogens with one attached hydrogen (secondary N) is 1. The van der Waals surface area contributed by atoms with Crippen LogP contribution in [-0.4, -0.2) is 49.2 Å². The number of rotatable bonds is 3. The Kier molecular flexibility index (Phi) is 4.12. The number of hydrogen-bond acceptors (Lipinski definition) is 3. The molecule has 20 heavy (non-hydrogen) atoms. The monoisotopic (exact) mass is 277 g/mol. The number of aliphatic carboxylic acids is 1. The van der Waals surface area contributed by atoms with Crippen molar-refractivity contribution in [2.75, 3.05) is 37.4 Å². The molecule has 1 aromatic carbocycles. The zero-order valence-corrected chi connectivity index (χ0v) is 11.7. The van der Waals surface area contributed by atoms with E-state index in [0.717, 1.165) is 5.69 Å². The van der Waals surface area contributed by atoms with Crippen molar-refractivity contribution in [3.05, 3.63) is 24.3 Å². The summed E-state index contributed by atoms with van der Waals surface area (Å²) >= 11 is 0. The minimum Gasteiger partial charge on any atom is -0.481 e. The maximum Gasteiger partial charge on any atom is 0.321 e. The van der Waals surface area contributed by atoms with Crippen LogP contribution in [0.3, 0.4) is 0 Å². The normalized spacial score (nSPS) is 17.9. The van der Waals surface area contributed by atoms with E-state index in [9.17, 15) is 9.59 Å². The average molecular weight is 277 g/mol. The summed E-state index contributed by atoms with van der Waals surface area (Å²) in [7, 11) is 3.90. The summed E-state index contributed by atoms with van der Waals surface area (Å²) in [5, 5.41) is 11.7. The van der Waals surface area contributed by atoms with Crippen LogP contribution >= 0.6 is 0 Å². The number of benzene rings is 1. The van der Waals surface area contributed by atoms with E-state index in [1.165, 1.54) is 0 Å². The van der Waals surface area contributed by atoms with Gasteiger partial charge in [0.25, 0.3) is 0 Å². The second kappa shape index (κ2) is 5.81. The number of carbonyl (C=O) groups is 2. The largest absolute Gasteiger partial charge is 0.481 e. The Balaban J connectivity index is 1.93. The second-order valence-electron chi connectivity index (χ2n) is 5.14. The van der Waals surface area contributed by atoms with Gasteiger partial charge in [0.05, 0.1) is 5.92 Å². The Bertz CT molecular complexity index is 499. The maximum absolute atomic E-state index is 12.0. The van der Waals surface area contributed by atoms with Crippen LogP contribution in [0.4, 0.5) is 16.2 Å². The SMILES string of the molecule is CN(C)c1ccc(NC(=O)N2CCC(C(=O)O)C2)cc1. The van der Waals surface area contributed by atoms with Crippen molar-refractivity contribution >= 4 is 23.4 Å². The van der Waals surface area contributed by atoms with Gasteiger partial charge in [0.15, 0.2) is 0 Å². The van der Waals surface area contributed by atoms with E-state index in [-0.39, 0.29) is 12.6 Å². The van der Waals surface area contributed by atoms with Crippen LogP contribution in [0.1, 0.15) is 6.42 Å². The summed E-state index contributed by atoms with van der Waals surface area (Å²) in [4.78, 5) is 26.4. The molecule has 6 heteroatoms. The molecule has 1 aliphatic heterocycles. The molecular weight excluding hydrogens is 258 g/mol. The van der Waals surface area contributed by atoms with Crippen LogP contribution in [0.5, 0.6) is 0 Å². The van der Waals surface area contributed by atoms with E-state index in [1.54, 1.807) is 4.90 Å². The first-order chi connectivity index (χ1) is 9.47. The van der Waals surface area contributed by atoms with Crippen LogP contribution in [0.25, 0.3) is 0 Å². The van der Waals surface area contributed by atoms with Crippen LogP contribution < -0.4 is 10.2 Å². The van der Waals surface area contributed by atoms with Gasteiger partial charge in [-0.3, -0.25) is 4.79 Å². The fourth-order valence-corrected chi connectivity index (χ4v) is 2.19. The lowest BCUT2D eigenvalue weighted by Crippen LogP contribution is -2.33. The van der Waals surface area contributed by atoms with E-state index in [4.69, 9.17) is 5.11 Å². The topological polar surface area (TPSA) is 72.9 Å². The van der Waals surface area contributed by atoms with Crippen molar-refractivity contribution in [1.82, 2.24) is 4.90 Å². The summed E-state index contributed by atoms with van der Waals surface area (Å²) in [6, 6.07) is 7.25. The molecule has 2 amide bonds. The molecule has 2 N–H and O–H groups in total. The number of anilines is 2. The van der Waals surface area contributed by atoms with Gasteiger partial charge in [0.2, 0.25) is 0 Å². The minimum absolute atomic E-state index is 0.244. The third kappa shape index (κ3) is 3.20. The third-order valence-corrected chi connectivity index (χ3v) is 3.46. The Hall–Kier alpha value is -2.24. The van der Waals surface area contributed by atoms with Gasteiger partial charge < -0.3 is 20.2 Å². The molecule has 1 unspecified atom stereocenters. The van der Waals surface area contributed by atoms with Gasteiger partial charge in [-0.05, 0) is 30.7 Å². The number of amides is 2. The van der Waals surface area contributed by atoms with Gasteiger partial charge in [-0.1, -0.05) is 0 Å². The predicted molar refractivity (Wildman–Crippen MR) is 77.1 cm³/mol. The van der Waals surface area contributed by atoms with Crippen molar-refractivity contribution in [2.24, 2.45) is 5.92 Å². The smallest absolute Gasteiger partial charge is 0.321 e. The molecule has 0 spiro atoms. The standard InChI is InChI=1S/C14H19N3O3/c1-16(2)12-5-3-11(4-6-12)15-14(20)17-8-7-10(9-17)13(18)19/h3-6,10H,7-9H2,1-2H3,(H,15,20)(H,18,19). The third-order valence-electron chi connectivity index (χ3n) is 3.46. The highest BCUT2D eigenvalue weighted by Gasteiger charge is 2.30. The maximum atomic E-state index is 12.0. The molecule has 1 aliphatic rings. The number of urea groups is 1. The molecule has 1 heterocycles. The molecule has 1 saturated heterocycles. The van der Waals surface area contributed by atoms with Gasteiger partial charge in [-0.15, -0.1) is 0 Å². The molecule has 0 aromatic heterocycles. The van der Waals surface area contributed by atoms with Crippen molar-refractivity contribution in [2.45, 2.75) is 6.42 Å². The minimum atomic E-state index is -0.837. The van der Waals surface area contributed by atoms with Crippen LogP contribution in [0.2, 0.25) is 0 Å². The lowest BCUT2D eigenvalue weighted by molar-refractivity contribution is -0.141. The molecule has 2 rings (SSSR count). The molecule has 0 radical (unpaired) electrons. The quantitative estimate of drug-likeness (QED) is 0.882. The van der Waals surface area contributed by atoms with Crippen molar-refractivity contribution in [3.8, 4) is 0 Å². The number of likely N-dealkylation sites (tertiary alicyclic amines) is 1. The molecule has 0 bridgehead atoms. The first kappa shape index (κ1) is 14.2. The number of nitrogens with zero attached hydrogens (tertiary/aromatic N) is 2. The lowest BCUT2D eigenvalue weighted by atomic mass is 10.1. The van der Waals surface area contributed by atoms with Crippen LogP contribution in [-0.2, 0) is 4.79 Å². The zero-order chi connectivity index (χ0) is 14.7. The van der Waals surface area contributed by atoms with Gasteiger partial charge in [0, 0.05) is 38.6 Å². The first-order valence-corrected chi connectivity index (χ1v) is 6.53. The van der Waals surface area contributed by atoms with E-state index in [2.05, 4.69) is 5.32 Å². The molecule has 1 aromatic rings. The second-order valence-corrected chi connectivity index (χ2v) is 5.14. The van der Waals surface area contributed by atoms with Gasteiger partial charge >= 0.3 is 12.0 Å². The summed E-state index contributed by atoms with van der Waals surface area (Å²) in [6.45, 7) is 0.759. The van der Waals surface area contributed by atoms with Crippen molar-refractivity contribution < 1.29 is 14.7 Å². The fraction of sp³-hybridized carbons (Fsp3) is 0.429. The summed E-state index contributed by atoms with van der Waals surface area (Å²) in [5.41, 5.74) is 1.76. The molecule has 0 aliphatic carbocycles. The van der Waals surface area contributed by atoms with Crippen molar-refractivity contribution in [1.29, 1.82) is 0 Å². The molecule has 1 fully saturated rings. The lowest BCUT2D eigenvalue weighted by Gasteiger charge is -2.17. The molecule has 108 valence electrons. The van der Waals surface area contributed by atoms with Crippen LogP contribution in [0.15, 0.2) is 24.3 Å². The van der Waals surface area contributed by atoms with E-state index >= 15 is 0 Å². The highest BCUT2D eigenvalue weighted by atomic mass is 16.4. The molecule has 1 atom stereocenters. The molecule has 6 nitrogen and oxygen atoms in total. The highest BCUT2D eigenvalue weighted by Crippen LogP contribution is 2.19. The first-order valence-electron chi connectivity index (χ1n) is 6.53. The van der Waals surface area contributed by atoms with Gasteiger partial charge in [0.1, 0.15) is 0 Å². The average Bonchev–Trinajstić information content (AvgIpc) is 2.89. The Labute approximate surface area is 118 Å². The molecular formula is C14H19N3O3. The summed E-state index contributed by atoms with van der Waals surface area (Å²) < 4.78 is 0. The van der Waals surface area contributed by atoms with E-state index in [0.29, 0.717) is 18.7 Å². The fourth-order valence-electron chi connectivity index (χ4n) is 2.19. The van der Waals surface area contributed by atoms with Gasteiger partial charge in [-0.2, -0.15) is 0 Å². The Morgan fingerprint density at radius 3 is 2.45 bits per heavy atom. The summed E-state index contributed by atoms with van der Waals surface area (Å²) in [5.74, 6) is -1.28. The Morgan fingerprint density at radius 1 is 1.30 bits per heavy atom. The highest BCUT2D eigenvalue weighted by molar-refractivity contribution is 5.90. The van der Waals surface area contributed by atoms with Gasteiger partial charge in [-0.25, -0.2) is 4.79 Å². The van der Waals surface area contributed by atoms with Crippen molar-refractivity contribution in [3.63, 3.8) is 0 Å². The number of carbonyl (C=O) groups excluding carboxylic acids is 1. The summed E-state index contributed by atoms with van der Waals surface area (Å²) in [6.07, 6.45) is 0.516. The number of hydrogen-bond donors (Lipinski definition) is 2. The number of carboxylic acid groups (broad SMARTS) is 1. The van der Waals surface area contributed by atoms with E-state index < -0.39 is 11.9 Å². The van der Waals surface area contributed by atoms with E-state index in [1.807, 2.05) is 43.3 Å². The number of carboxylic acids is 1. The zero-order valence-electron chi connectivity index (χ0n) is 11.7. The Morgan fingerprint density at radius 2 is 1.95 bits per heavy atom. The van der Waals surface area contributed by atoms with Crippen LogP contribution in [0, 0.1) is 5.92 Å².